The number of ether oxygens (including phenoxy) is 4. The van der Waals surface area contributed by atoms with E-state index in [0.29, 0.717) is 27.8 Å². The quantitative estimate of drug-likeness (QED) is 0.0130. The number of carbonyl (C=O) groups excluding carboxylic acids is 4. The number of carbonyl (C=O) groups is 4. The third kappa shape index (κ3) is 11.2. The SMILES string of the molecule is CCOP(=O)(CO/N=C(\C(=O)N[C@@H]1C(=O)N2C(C(=O)OCc3ccc(OC)cc3OC)=C(/C=C\C(=O)OC)CS[C@H]12)c1csc(NC(c2ccccc2)(c2ccccc2)c2ccccc2)n1)OCC. The predicted molar refractivity (Wildman–Crippen MR) is 261 cm³/mol. The van der Waals surface area contributed by atoms with Crippen molar-refractivity contribution in [1.82, 2.24) is 15.2 Å². The first-order valence-electron chi connectivity index (χ1n) is 21.6. The van der Waals surface area contributed by atoms with Crippen LogP contribution in [0.5, 0.6) is 11.5 Å². The lowest BCUT2D eigenvalue weighted by Crippen LogP contribution is -2.71. The molecule has 2 aliphatic rings. The third-order valence-corrected chi connectivity index (χ3v) is 14.6. The molecule has 2 N–H and O–H groups in total. The number of methoxy groups -OCH3 is 3. The molecule has 0 radical (unpaired) electrons. The minimum Gasteiger partial charge on any atom is -0.497 e. The van der Waals surface area contributed by atoms with Crippen LogP contribution in [-0.2, 0) is 59.2 Å². The average Bonchev–Trinajstić information content (AvgIpc) is 3.85. The van der Waals surface area contributed by atoms with Gasteiger partial charge in [-0.2, -0.15) is 0 Å². The molecule has 7 rings (SSSR count). The topological polar surface area (TPSA) is 203 Å². The van der Waals surface area contributed by atoms with Crippen molar-refractivity contribution in [1.29, 1.82) is 0 Å². The number of hydrogen-bond acceptors (Lipinski definition) is 17. The molecule has 2 aliphatic heterocycles. The molecule has 5 aromatic rings. The molecular weight excluding hydrogens is 946 g/mol. The number of anilines is 1. The van der Waals surface area contributed by atoms with Crippen molar-refractivity contribution in [2.24, 2.45) is 5.16 Å². The van der Waals surface area contributed by atoms with E-state index >= 15 is 0 Å². The maximum absolute atomic E-state index is 14.5. The summed E-state index contributed by atoms with van der Waals surface area (Å²) in [4.78, 5) is 66.4. The number of allylic oxidation sites excluding steroid dienone is 1. The molecule has 0 bridgehead atoms. The zero-order valence-electron chi connectivity index (χ0n) is 38.3. The number of benzene rings is 4. The summed E-state index contributed by atoms with van der Waals surface area (Å²) in [6.45, 7) is 3.19. The number of oxime groups is 1. The molecule has 69 heavy (non-hydrogen) atoms. The van der Waals surface area contributed by atoms with Crippen LogP contribution in [0.25, 0.3) is 0 Å². The second-order valence-corrected chi connectivity index (χ2v) is 19.0. The van der Waals surface area contributed by atoms with E-state index in [1.807, 2.05) is 91.0 Å². The summed E-state index contributed by atoms with van der Waals surface area (Å²) in [5.41, 5.74) is 2.23. The van der Waals surface area contributed by atoms with E-state index in [-0.39, 0.29) is 42.7 Å². The number of thioether (sulfide) groups is 1. The highest BCUT2D eigenvalue weighted by Gasteiger charge is 2.54. The highest BCUT2D eigenvalue weighted by molar-refractivity contribution is 8.00. The molecule has 2 atom stereocenters. The monoisotopic (exact) mass is 995 g/mol. The fraction of sp³-hybridized carbons (Fsp3) is 0.265. The number of amides is 2. The fourth-order valence-electron chi connectivity index (χ4n) is 7.64. The Morgan fingerprint density at radius 1 is 0.884 bits per heavy atom. The van der Waals surface area contributed by atoms with Crippen molar-refractivity contribution in [3.05, 3.63) is 166 Å². The van der Waals surface area contributed by atoms with E-state index in [0.717, 1.165) is 22.8 Å². The van der Waals surface area contributed by atoms with Crippen molar-refractivity contribution in [2.75, 3.05) is 52.0 Å². The van der Waals surface area contributed by atoms with Crippen molar-refractivity contribution in [3.63, 3.8) is 0 Å². The van der Waals surface area contributed by atoms with Gasteiger partial charge in [-0.3, -0.25) is 19.1 Å². The lowest BCUT2D eigenvalue weighted by Gasteiger charge is -2.49. The number of fused-ring (bicyclic) bond motifs is 1. The molecule has 4 aromatic carbocycles. The number of nitrogens with one attached hydrogen (secondary N) is 2. The Morgan fingerprint density at radius 2 is 1.51 bits per heavy atom. The van der Waals surface area contributed by atoms with Crippen LogP contribution in [-0.4, -0.2) is 97.4 Å². The predicted octanol–water partition coefficient (Wildman–Crippen LogP) is 7.64. The van der Waals surface area contributed by atoms with Gasteiger partial charge in [0.05, 0.1) is 34.5 Å². The number of hydrogen-bond donors (Lipinski definition) is 2. The van der Waals surface area contributed by atoms with E-state index in [1.165, 1.54) is 55.4 Å². The van der Waals surface area contributed by atoms with Gasteiger partial charge >= 0.3 is 19.5 Å². The molecule has 2 amide bonds. The summed E-state index contributed by atoms with van der Waals surface area (Å²) in [6, 6.07) is 33.5. The summed E-state index contributed by atoms with van der Waals surface area (Å²) < 4.78 is 45.4. The van der Waals surface area contributed by atoms with Crippen LogP contribution in [0.2, 0.25) is 0 Å². The smallest absolute Gasteiger partial charge is 0.370 e. The Labute approximate surface area is 407 Å². The molecule has 360 valence electrons. The lowest BCUT2D eigenvalue weighted by atomic mass is 9.77. The number of β-lactam (4-membered cyclic amide) rings is 1. The van der Waals surface area contributed by atoms with E-state index in [9.17, 15) is 23.7 Å². The van der Waals surface area contributed by atoms with Gasteiger partial charge in [0, 0.05) is 28.8 Å². The molecule has 20 heteroatoms. The zero-order chi connectivity index (χ0) is 49.0. The van der Waals surface area contributed by atoms with Gasteiger partial charge < -0.3 is 43.5 Å². The van der Waals surface area contributed by atoms with Crippen LogP contribution in [0.3, 0.4) is 0 Å². The normalized spacial score (nSPS) is 16.0. The molecule has 0 aliphatic carbocycles. The third-order valence-electron chi connectivity index (χ3n) is 10.9. The first kappa shape index (κ1) is 50.1. The van der Waals surface area contributed by atoms with Crippen LogP contribution < -0.4 is 20.1 Å². The van der Waals surface area contributed by atoms with Gasteiger partial charge in [-0.05, 0) is 54.3 Å². The van der Waals surface area contributed by atoms with Gasteiger partial charge in [-0.1, -0.05) is 96.2 Å². The number of nitrogens with zero attached hydrogens (tertiary/aromatic N) is 3. The van der Waals surface area contributed by atoms with Gasteiger partial charge in [0.15, 0.2) is 10.8 Å². The van der Waals surface area contributed by atoms with E-state index in [2.05, 4.69) is 15.8 Å². The highest BCUT2D eigenvalue weighted by atomic mass is 32.2. The fourth-order valence-corrected chi connectivity index (χ4v) is 10.9. The van der Waals surface area contributed by atoms with Crippen LogP contribution in [0.4, 0.5) is 5.13 Å². The second-order valence-electron chi connectivity index (χ2n) is 15.0. The van der Waals surface area contributed by atoms with Crippen molar-refractivity contribution in [2.45, 2.75) is 37.4 Å². The first-order valence-corrected chi connectivity index (χ1v) is 25.3. The van der Waals surface area contributed by atoms with Crippen LogP contribution in [0, 0.1) is 0 Å². The molecular formula is C49H50N5O12PS2. The maximum Gasteiger partial charge on any atom is 0.370 e. The van der Waals surface area contributed by atoms with E-state index in [1.54, 1.807) is 37.4 Å². The Morgan fingerprint density at radius 3 is 2.07 bits per heavy atom. The molecule has 3 heterocycles. The molecule has 0 spiro atoms. The first-order chi connectivity index (χ1) is 33.5. The van der Waals surface area contributed by atoms with Gasteiger partial charge in [-0.25, -0.2) is 14.6 Å². The van der Waals surface area contributed by atoms with Crippen molar-refractivity contribution in [3.8, 4) is 11.5 Å². The van der Waals surface area contributed by atoms with Gasteiger partial charge in [-0.15, -0.1) is 23.1 Å². The van der Waals surface area contributed by atoms with Gasteiger partial charge in [0.25, 0.3) is 11.8 Å². The lowest BCUT2D eigenvalue weighted by molar-refractivity contribution is -0.153. The molecule has 1 fully saturated rings. The minimum atomic E-state index is -3.80. The Balaban J connectivity index is 1.19. The van der Waals surface area contributed by atoms with E-state index in [4.69, 9.17) is 37.8 Å². The number of thiazole rings is 1. The molecule has 1 aromatic heterocycles. The molecule has 0 saturated carbocycles. The average molecular weight is 996 g/mol. The summed E-state index contributed by atoms with van der Waals surface area (Å²) in [7, 11) is 0.398. The standard InChI is InChI=1S/C49H50N5O12PS2/c1-6-65-67(59,66-7-2)31-64-53-41(38-30-69-48(50-38)52-49(34-17-11-8-12-18-34,35-19-13-9-14-20-35)36-21-15-10-16-22-36)44(56)51-42-45(57)54-43(33(29-68-46(42)54)24-26-40(55)62-5)47(58)63-28-32-23-25-37(60-3)27-39(32)61-4/h8-27,30,42,46H,6-7,28-29,31H2,1-5H3,(H,50,52)(H,51,56)/b26-24-,53-41-/t42-,46-/m1/s1. The summed E-state index contributed by atoms with van der Waals surface area (Å²) in [6.07, 6.45) is 1.90. The Kier molecular flexibility index (Phi) is 16.7. The largest absolute Gasteiger partial charge is 0.497 e. The van der Waals surface area contributed by atoms with Crippen molar-refractivity contribution < 1.29 is 56.6 Å². The summed E-state index contributed by atoms with van der Waals surface area (Å²) in [5.74, 6) is -1.95. The van der Waals surface area contributed by atoms with Gasteiger partial charge in [0.1, 0.15) is 46.5 Å². The van der Waals surface area contributed by atoms with Crippen LogP contribution >= 0.6 is 30.7 Å². The van der Waals surface area contributed by atoms with Gasteiger partial charge in [0.2, 0.25) is 6.35 Å². The second kappa shape index (κ2) is 23.0. The summed E-state index contributed by atoms with van der Waals surface area (Å²) in [5, 5.41) is 11.8. The van der Waals surface area contributed by atoms with Crippen LogP contribution in [0.1, 0.15) is 41.8 Å². The Bertz CT molecular complexity index is 2670. The van der Waals surface area contributed by atoms with Crippen LogP contribution in [0.15, 0.2) is 143 Å². The number of aromatic nitrogens is 1. The van der Waals surface area contributed by atoms with Crippen molar-refractivity contribution >= 4 is 65.3 Å². The Hall–Kier alpha value is -6.76. The summed E-state index contributed by atoms with van der Waals surface area (Å²) >= 11 is 2.45. The zero-order valence-corrected chi connectivity index (χ0v) is 40.8. The maximum atomic E-state index is 14.5. The minimum absolute atomic E-state index is 0.0595. The molecule has 17 nitrogen and oxygen atoms in total. The van der Waals surface area contributed by atoms with E-state index < -0.39 is 54.7 Å². The molecule has 0 unspecified atom stereocenters. The molecule has 1 saturated heterocycles. The highest BCUT2D eigenvalue weighted by Crippen LogP contribution is 2.48. The number of rotatable bonds is 22. The number of esters is 2.